The van der Waals surface area contributed by atoms with Crippen LogP contribution in [0, 0.1) is 0 Å². The predicted octanol–water partition coefficient (Wildman–Crippen LogP) is 0.0193. The lowest BCUT2D eigenvalue weighted by Gasteiger charge is -2.34. The number of aliphatic hydroxyl groups is 1. The van der Waals surface area contributed by atoms with E-state index >= 15 is 0 Å². The van der Waals surface area contributed by atoms with Gasteiger partial charge in [0, 0.05) is 51.9 Å². The third-order valence-corrected chi connectivity index (χ3v) is 3.67. The second kappa shape index (κ2) is 7.62. The Kier molecular flexibility index (Phi) is 6.48. The number of nitrogens with zero attached hydrogens (tertiary/aromatic N) is 3. The Labute approximate surface area is 116 Å². The molecule has 1 fully saturated rings. The average Bonchev–Trinajstić information content (AvgIpc) is 2.39. The van der Waals surface area contributed by atoms with Gasteiger partial charge in [-0.1, -0.05) is 6.08 Å². The topological polar surface area (TPSA) is 47.0 Å². The van der Waals surface area contributed by atoms with Gasteiger partial charge in [-0.15, -0.1) is 0 Å². The lowest BCUT2D eigenvalue weighted by molar-refractivity contribution is -0.127. The van der Waals surface area contributed by atoms with Gasteiger partial charge >= 0.3 is 0 Å². The fraction of sp³-hybridized carbons (Fsp3) is 0.786. The van der Waals surface area contributed by atoms with Crippen LogP contribution in [0.1, 0.15) is 13.8 Å². The molecule has 5 heteroatoms. The molecule has 0 radical (unpaired) electrons. The average molecular weight is 269 g/mol. The Hall–Kier alpha value is -0.910. The Morgan fingerprint density at radius 1 is 1.37 bits per heavy atom. The largest absolute Gasteiger partial charge is 0.390 e. The van der Waals surface area contributed by atoms with Crippen LogP contribution in [-0.4, -0.2) is 85.2 Å². The third-order valence-electron chi connectivity index (χ3n) is 3.67. The maximum atomic E-state index is 11.9. The highest BCUT2D eigenvalue weighted by Crippen LogP contribution is 2.04. The van der Waals surface area contributed by atoms with Crippen LogP contribution in [0.5, 0.6) is 0 Å². The van der Waals surface area contributed by atoms with Gasteiger partial charge in [0.15, 0.2) is 0 Å². The number of amides is 1. The lowest BCUT2D eigenvalue weighted by Crippen LogP contribution is -2.49. The maximum Gasteiger partial charge on any atom is 0.248 e. The Morgan fingerprint density at radius 2 is 1.95 bits per heavy atom. The van der Waals surface area contributed by atoms with Crippen molar-refractivity contribution >= 4 is 5.91 Å². The van der Waals surface area contributed by atoms with Crippen molar-refractivity contribution in [2.45, 2.75) is 20.0 Å². The molecular weight excluding hydrogens is 242 g/mol. The molecule has 0 aromatic rings. The van der Waals surface area contributed by atoms with Gasteiger partial charge in [-0.3, -0.25) is 9.69 Å². The van der Waals surface area contributed by atoms with E-state index in [1.54, 1.807) is 24.9 Å². The molecule has 0 aromatic heterocycles. The first-order valence-corrected chi connectivity index (χ1v) is 6.91. The van der Waals surface area contributed by atoms with Crippen molar-refractivity contribution in [3.8, 4) is 0 Å². The van der Waals surface area contributed by atoms with E-state index in [9.17, 15) is 9.90 Å². The zero-order valence-electron chi connectivity index (χ0n) is 12.6. The van der Waals surface area contributed by atoms with Crippen LogP contribution in [0.3, 0.4) is 0 Å². The van der Waals surface area contributed by atoms with Crippen molar-refractivity contribution in [3.05, 3.63) is 11.6 Å². The summed E-state index contributed by atoms with van der Waals surface area (Å²) in [6.45, 7) is 8.72. The summed E-state index contributed by atoms with van der Waals surface area (Å²) in [5, 5.41) is 10.1. The van der Waals surface area contributed by atoms with Gasteiger partial charge < -0.3 is 14.9 Å². The molecule has 1 heterocycles. The van der Waals surface area contributed by atoms with Crippen LogP contribution in [0.2, 0.25) is 0 Å². The van der Waals surface area contributed by atoms with Crippen LogP contribution >= 0.6 is 0 Å². The minimum atomic E-state index is -0.484. The highest BCUT2D eigenvalue weighted by atomic mass is 16.3. The molecule has 0 saturated carbocycles. The van der Waals surface area contributed by atoms with E-state index in [0.717, 1.165) is 26.2 Å². The zero-order valence-corrected chi connectivity index (χ0v) is 12.6. The molecule has 19 heavy (non-hydrogen) atoms. The van der Waals surface area contributed by atoms with Crippen LogP contribution in [0.4, 0.5) is 0 Å². The van der Waals surface area contributed by atoms with Gasteiger partial charge in [0.2, 0.25) is 5.91 Å². The van der Waals surface area contributed by atoms with Crippen molar-refractivity contribution in [1.82, 2.24) is 14.7 Å². The number of aliphatic hydroxyl groups excluding tert-OH is 1. The molecule has 0 aromatic carbocycles. The highest BCUT2D eigenvalue weighted by molar-refractivity contribution is 5.92. The van der Waals surface area contributed by atoms with Crippen LogP contribution in [-0.2, 0) is 4.79 Å². The number of hydrogen-bond acceptors (Lipinski definition) is 4. The number of likely N-dealkylation sites (N-methyl/N-ethyl adjacent to an activating group) is 2. The molecule has 110 valence electrons. The highest BCUT2D eigenvalue weighted by Gasteiger charge is 2.19. The van der Waals surface area contributed by atoms with Crippen LogP contribution in [0.25, 0.3) is 0 Å². The van der Waals surface area contributed by atoms with Crippen molar-refractivity contribution in [1.29, 1.82) is 0 Å². The van der Waals surface area contributed by atoms with E-state index in [4.69, 9.17) is 0 Å². The molecule has 0 aliphatic carbocycles. The van der Waals surface area contributed by atoms with Gasteiger partial charge in [-0.05, 0) is 20.9 Å². The molecule has 0 spiro atoms. The van der Waals surface area contributed by atoms with Gasteiger partial charge in [-0.25, -0.2) is 0 Å². The summed E-state index contributed by atoms with van der Waals surface area (Å²) < 4.78 is 0. The molecule has 1 unspecified atom stereocenters. The molecule has 1 amide bonds. The Morgan fingerprint density at radius 3 is 2.47 bits per heavy atom. The summed E-state index contributed by atoms with van der Waals surface area (Å²) >= 11 is 0. The minimum Gasteiger partial charge on any atom is -0.390 e. The number of rotatable bonds is 5. The molecule has 1 aliphatic rings. The molecule has 0 bridgehead atoms. The number of carbonyl (C=O) groups is 1. The number of β-amino-alcohol motifs (C(OH)–C–C–N with tert-alkyl or cyclic N) is 1. The zero-order chi connectivity index (χ0) is 14.4. The second-order valence-corrected chi connectivity index (χ2v) is 5.42. The van der Waals surface area contributed by atoms with Gasteiger partial charge in [0.25, 0.3) is 0 Å². The summed E-state index contributed by atoms with van der Waals surface area (Å²) in [5.74, 6) is -0.0140. The second-order valence-electron chi connectivity index (χ2n) is 5.42. The first kappa shape index (κ1) is 16.1. The Bertz CT molecular complexity index is 323. The van der Waals surface area contributed by atoms with E-state index in [1.807, 2.05) is 6.92 Å². The lowest BCUT2D eigenvalue weighted by atomic mass is 10.2. The molecular formula is C14H27N3O2. The first-order chi connectivity index (χ1) is 8.93. The standard InChI is InChI=1S/C14H27N3O2/c1-5-12(2)14(19)16(4)10-13(18)11-17-8-6-15(3)7-9-17/h5,13,18H,6-11H2,1-4H3/b12-5-. The van der Waals surface area contributed by atoms with Crippen LogP contribution in [0.15, 0.2) is 11.6 Å². The van der Waals surface area contributed by atoms with E-state index in [-0.39, 0.29) is 5.91 Å². The van der Waals surface area contributed by atoms with Crippen molar-refractivity contribution < 1.29 is 9.90 Å². The van der Waals surface area contributed by atoms with Gasteiger partial charge in [0.1, 0.15) is 0 Å². The monoisotopic (exact) mass is 269 g/mol. The van der Waals surface area contributed by atoms with Gasteiger partial charge in [0.05, 0.1) is 6.10 Å². The van der Waals surface area contributed by atoms with Crippen LogP contribution < -0.4 is 0 Å². The molecule has 5 nitrogen and oxygen atoms in total. The van der Waals surface area contributed by atoms with Crippen molar-refractivity contribution in [2.75, 3.05) is 53.4 Å². The third kappa shape index (κ3) is 5.30. The summed E-state index contributed by atoms with van der Waals surface area (Å²) in [4.78, 5) is 18.0. The first-order valence-electron chi connectivity index (χ1n) is 6.91. The quantitative estimate of drug-likeness (QED) is 0.715. The van der Waals surface area contributed by atoms with Crippen molar-refractivity contribution in [2.24, 2.45) is 0 Å². The van der Waals surface area contributed by atoms with Crippen molar-refractivity contribution in [3.63, 3.8) is 0 Å². The fourth-order valence-electron chi connectivity index (χ4n) is 2.21. The van der Waals surface area contributed by atoms with Gasteiger partial charge in [-0.2, -0.15) is 0 Å². The SMILES string of the molecule is C/C=C(/C)C(=O)N(C)CC(O)CN1CCN(C)CC1. The fourth-order valence-corrected chi connectivity index (χ4v) is 2.21. The van der Waals surface area contributed by atoms with E-state index in [2.05, 4.69) is 16.8 Å². The Balaban J connectivity index is 2.34. The minimum absolute atomic E-state index is 0.0140. The molecule has 1 saturated heterocycles. The summed E-state index contributed by atoms with van der Waals surface area (Å²) in [7, 11) is 3.85. The predicted molar refractivity (Wildman–Crippen MR) is 77.0 cm³/mol. The number of piperazine rings is 1. The molecule has 1 rings (SSSR count). The van der Waals surface area contributed by atoms with E-state index in [1.165, 1.54) is 0 Å². The molecule has 1 N–H and O–H groups in total. The number of hydrogen-bond donors (Lipinski definition) is 1. The normalized spacial score (nSPS) is 20.4. The maximum absolute atomic E-state index is 11.9. The summed E-state index contributed by atoms with van der Waals surface area (Å²) in [6, 6.07) is 0. The number of carbonyl (C=O) groups excluding carboxylic acids is 1. The summed E-state index contributed by atoms with van der Waals surface area (Å²) in [5.41, 5.74) is 0.717. The molecule has 1 atom stereocenters. The van der Waals surface area contributed by atoms with E-state index < -0.39 is 6.10 Å². The molecule has 1 aliphatic heterocycles. The smallest absolute Gasteiger partial charge is 0.248 e. The number of allylic oxidation sites excluding steroid dienone is 1. The van der Waals surface area contributed by atoms with E-state index in [0.29, 0.717) is 18.7 Å². The summed E-state index contributed by atoms with van der Waals surface area (Å²) in [6.07, 6.45) is 1.31.